The summed E-state index contributed by atoms with van der Waals surface area (Å²) in [6.07, 6.45) is -0.782. The highest BCUT2D eigenvalue weighted by molar-refractivity contribution is 9.09. The van der Waals surface area contributed by atoms with Gasteiger partial charge >= 0.3 is 6.18 Å². The molecule has 0 saturated carbocycles. The second-order valence-corrected chi connectivity index (χ2v) is 7.04. The van der Waals surface area contributed by atoms with Crippen LogP contribution in [0.3, 0.4) is 0 Å². The monoisotopic (exact) mass is 361 g/mol. The Labute approximate surface area is 129 Å². The zero-order valence-corrected chi connectivity index (χ0v) is 12.8. The molecule has 2 fully saturated rings. The topological polar surface area (TPSA) is 20.3 Å². The van der Waals surface area contributed by atoms with Gasteiger partial charge < -0.3 is 4.90 Å². The largest absolute Gasteiger partial charge is 0.416 e. The van der Waals surface area contributed by atoms with Gasteiger partial charge in [-0.3, -0.25) is 4.79 Å². The average Bonchev–Trinajstić information content (AvgIpc) is 2.69. The molecule has 2 unspecified atom stereocenters. The molecule has 2 aliphatic rings. The van der Waals surface area contributed by atoms with E-state index in [4.69, 9.17) is 0 Å². The molecule has 6 heteroatoms. The van der Waals surface area contributed by atoms with E-state index < -0.39 is 11.7 Å². The Balaban J connectivity index is 1.86. The van der Waals surface area contributed by atoms with Crippen LogP contribution in [0, 0.1) is 0 Å². The lowest BCUT2D eigenvalue weighted by Gasteiger charge is -2.37. The Hall–Kier alpha value is -1.04. The standard InChI is InChI=1S/C15H15BrF3NO/c16-11-7-12-4-5-13(8-11)20(12)14(21)9-2-1-3-10(6-9)15(17,18)19/h1-3,6,11-13H,4-5,7-8H2. The maximum atomic E-state index is 12.8. The molecule has 0 aromatic heterocycles. The van der Waals surface area contributed by atoms with Crippen LogP contribution in [0.2, 0.25) is 0 Å². The quantitative estimate of drug-likeness (QED) is 0.685. The number of carbonyl (C=O) groups excluding carboxylic acids is 1. The highest BCUT2D eigenvalue weighted by atomic mass is 79.9. The first-order valence-electron chi connectivity index (χ1n) is 7.00. The number of hydrogen-bond acceptors (Lipinski definition) is 1. The lowest BCUT2D eigenvalue weighted by Crippen LogP contribution is -2.46. The minimum Gasteiger partial charge on any atom is -0.333 e. The molecular weight excluding hydrogens is 347 g/mol. The van der Waals surface area contributed by atoms with Crippen LogP contribution >= 0.6 is 15.9 Å². The van der Waals surface area contributed by atoms with Crippen LogP contribution in [0.5, 0.6) is 0 Å². The third-order valence-corrected chi connectivity index (χ3v) is 5.09. The van der Waals surface area contributed by atoms with Crippen LogP contribution in [0.4, 0.5) is 13.2 Å². The fourth-order valence-electron chi connectivity index (χ4n) is 3.42. The van der Waals surface area contributed by atoms with Gasteiger partial charge in [-0.05, 0) is 43.9 Å². The van der Waals surface area contributed by atoms with Crippen LogP contribution in [-0.2, 0) is 6.18 Å². The van der Waals surface area contributed by atoms with Crippen molar-refractivity contribution in [3.05, 3.63) is 35.4 Å². The Morgan fingerprint density at radius 1 is 1.19 bits per heavy atom. The van der Waals surface area contributed by atoms with Crippen LogP contribution in [0.15, 0.2) is 24.3 Å². The number of halogens is 4. The van der Waals surface area contributed by atoms with E-state index in [1.165, 1.54) is 12.1 Å². The molecule has 2 saturated heterocycles. The van der Waals surface area contributed by atoms with Crippen LogP contribution in [0.25, 0.3) is 0 Å². The molecular formula is C15H15BrF3NO. The number of fused-ring (bicyclic) bond motifs is 2. The second-order valence-electron chi connectivity index (χ2n) is 5.74. The number of carbonyl (C=O) groups is 1. The van der Waals surface area contributed by atoms with Gasteiger partial charge in [-0.15, -0.1) is 0 Å². The van der Waals surface area contributed by atoms with Gasteiger partial charge in [-0.2, -0.15) is 13.2 Å². The van der Waals surface area contributed by atoms with Gasteiger partial charge in [0.1, 0.15) is 0 Å². The number of rotatable bonds is 1. The van der Waals surface area contributed by atoms with Crippen LogP contribution in [0.1, 0.15) is 41.6 Å². The Kier molecular flexibility index (Phi) is 3.76. The van der Waals surface area contributed by atoms with E-state index in [9.17, 15) is 18.0 Å². The molecule has 2 heterocycles. The highest BCUT2D eigenvalue weighted by Gasteiger charge is 2.43. The summed E-state index contributed by atoms with van der Waals surface area (Å²) in [6.45, 7) is 0. The summed E-state index contributed by atoms with van der Waals surface area (Å²) in [6, 6.07) is 5.02. The van der Waals surface area contributed by atoms with E-state index in [1.807, 2.05) is 0 Å². The van der Waals surface area contributed by atoms with Gasteiger partial charge in [0.25, 0.3) is 5.91 Å². The van der Waals surface area contributed by atoms with Crippen LogP contribution in [-0.4, -0.2) is 27.7 Å². The maximum absolute atomic E-state index is 12.8. The molecule has 1 amide bonds. The Bertz CT molecular complexity index is 546. The molecule has 0 spiro atoms. The molecule has 21 heavy (non-hydrogen) atoms. The van der Waals surface area contributed by atoms with Crippen LogP contribution < -0.4 is 0 Å². The first kappa shape index (κ1) is 14.9. The minimum atomic E-state index is -4.42. The average molecular weight is 362 g/mol. The smallest absolute Gasteiger partial charge is 0.333 e. The van der Waals surface area contributed by atoms with Gasteiger partial charge in [0.2, 0.25) is 0 Å². The van der Waals surface area contributed by atoms with E-state index in [1.54, 1.807) is 4.90 Å². The summed E-state index contributed by atoms with van der Waals surface area (Å²) in [5.74, 6) is -0.270. The number of amides is 1. The molecule has 0 radical (unpaired) electrons. The minimum absolute atomic E-state index is 0.134. The first-order chi connectivity index (χ1) is 9.86. The molecule has 2 bridgehead atoms. The van der Waals surface area contributed by atoms with Gasteiger partial charge in [-0.1, -0.05) is 22.0 Å². The summed E-state index contributed by atoms with van der Waals surface area (Å²) in [5, 5.41) is 0. The van der Waals surface area contributed by atoms with Crippen molar-refractivity contribution >= 4 is 21.8 Å². The third kappa shape index (κ3) is 2.82. The Morgan fingerprint density at radius 3 is 2.38 bits per heavy atom. The fraction of sp³-hybridized carbons (Fsp3) is 0.533. The number of hydrogen-bond donors (Lipinski definition) is 0. The van der Waals surface area contributed by atoms with E-state index in [0.29, 0.717) is 4.83 Å². The van der Waals surface area contributed by atoms with Gasteiger partial charge in [0, 0.05) is 22.5 Å². The molecule has 0 aliphatic carbocycles. The number of nitrogens with zero attached hydrogens (tertiary/aromatic N) is 1. The number of piperidine rings is 1. The summed E-state index contributed by atoms with van der Waals surface area (Å²) in [4.78, 5) is 14.8. The fourth-order valence-corrected chi connectivity index (χ4v) is 4.28. The Morgan fingerprint density at radius 2 is 1.81 bits per heavy atom. The van der Waals surface area contributed by atoms with Crippen molar-refractivity contribution in [2.45, 2.75) is 48.8 Å². The second kappa shape index (κ2) is 5.30. The normalized spacial score (nSPS) is 28.8. The van der Waals surface area contributed by atoms with Crippen molar-refractivity contribution in [2.24, 2.45) is 0 Å². The van der Waals surface area contributed by atoms with Crippen molar-refractivity contribution < 1.29 is 18.0 Å². The van der Waals surface area contributed by atoms with Crippen molar-refractivity contribution in [2.75, 3.05) is 0 Å². The van der Waals surface area contributed by atoms with Gasteiger partial charge in [-0.25, -0.2) is 0 Å². The van der Waals surface area contributed by atoms with Crippen molar-refractivity contribution in [1.82, 2.24) is 4.90 Å². The zero-order valence-electron chi connectivity index (χ0n) is 11.2. The molecule has 3 rings (SSSR count). The lowest BCUT2D eigenvalue weighted by atomic mass is 10.0. The van der Waals surface area contributed by atoms with Gasteiger partial charge in [0.05, 0.1) is 5.56 Å². The van der Waals surface area contributed by atoms with Gasteiger partial charge in [0.15, 0.2) is 0 Å². The molecule has 1 aromatic carbocycles. The molecule has 2 nitrogen and oxygen atoms in total. The summed E-state index contributed by atoms with van der Waals surface area (Å²) < 4.78 is 38.3. The summed E-state index contributed by atoms with van der Waals surface area (Å²) >= 11 is 3.59. The van der Waals surface area contributed by atoms with Crippen molar-refractivity contribution in [3.8, 4) is 0 Å². The van der Waals surface area contributed by atoms with E-state index in [2.05, 4.69) is 15.9 Å². The predicted octanol–water partition coefficient (Wildman–Crippen LogP) is 4.24. The molecule has 2 aliphatic heterocycles. The highest BCUT2D eigenvalue weighted by Crippen LogP contribution is 2.39. The lowest BCUT2D eigenvalue weighted by molar-refractivity contribution is -0.137. The molecule has 1 aromatic rings. The zero-order chi connectivity index (χ0) is 15.2. The SMILES string of the molecule is O=C(c1cccc(C(F)(F)F)c1)N1C2CCC1CC(Br)C2. The van der Waals surface area contributed by atoms with E-state index in [-0.39, 0.29) is 23.6 Å². The maximum Gasteiger partial charge on any atom is 0.416 e. The van der Waals surface area contributed by atoms with Crippen molar-refractivity contribution in [1.29, 1.82) is 0 Å². The van der Waals surface area contributed by atoms with E-state index in [0.717, 1.165) is 37.8 Å². The molecule has 0 N–H and O–H groups in total. The number of alkyl halides is 4. The third-order valence-electron chi connectivity index (χ3n) is 4.35. The van der Waals surface area contributed by atoms with Crippen molar-refractivity contribution in [3.63, 3.8) is 0 Å². The summed E-state index contributed by atoms with van der Waals surface area (Å²) in [5.41, 5.74) is -0.633. The first-order valence-corrected chi connectivity index (χ1v) is 7.92. The molecule has 114 valence electrons. The predicted molar refractivity (Wildman–Crippen MR) is 76.4 cm³/mol. The molecule has 2 atom stereocenters. The van der Waals surface area contributed by atoms with E-state index >= 15 is 0 Å². The summed E-state index contributed by atoms with van der Waals surface area (Å²) in [7, 11) is 0. The number of benzene rings is 1.